The van der Waals surface area contributed by atoms with Crippen LogP contribution in [0.4, 0.5) is 0 Å². The van der Waals surface area contributed by atoms with Gasteiger partial charge in [0.2, 0.25) is 0 Å². The fourth-order valence-electron chi connectivity index (χ4n) is 5.40. The highest BCUT2D eigenvalue weighted by atomic mass is 79.9. The number of halogens is 1. The maximum absolute atomic E-state index is 3.88. The number of benzene rings is 6. The zero-order valence-corrected chi connectivity index (χ0v) is 22.3. The highest BCUT2D eigenvalue weighted by molar-refractivity contribution is 9.10. The van der Waals surface area contributed by atoms with E-state index in [4.69, 9.17) is 0 Å². The van der Waals surface area contributed by atoms with E-state index >= 15 is 0 Å². The molecule has 0 aliphatic carbocycles. The SMILES string of the molecule is Brc1ccc(-c2ccccc2)cc1-n1c2ccc(-c3ccccc3)cc2c2cc(-c3ccccc3)ccc21. The highest BCUT2D eigenvalue weighted by Gasteiger charge is 2.17. The van der Waals surface area contributed by atoms with Gasteiger partial charge in [-0.15, -0.1) is 0 Å². The van der Waals surface area contributed by atoms with Crippen molar-refractivity contribution in [1.29, 1.82) is 0 Å². The summed E-state index contributed by atoms with van der Waals surface area (Å²) >= 11 is 3.88. The number of rotatable bonds is 4. The molecule has 38 heavy (non-hydrogen) atoms. The fourth-order valence-corrected chi connectivity index (χ4v) is 5.82. The van der Waals surface area contributed by atoms with E-state index in [0.717, 1.165) is 10.2 Å². The molecule has 7 rings (SSSR count). The minimum Gasteiger partial charge on any atom is -0.308 e. The van der Waals surface area contributed by atoms with E-state index < -0.39 is 0 Å². The first kappa shape index (κ1) is 22.8. The Morgan fingerprint density at radius 2 is 0.763 bits per heavy atom. The molecule has 7 aromatic rings. The van der Waals surface area contributed by atoms with Gasteiger partial charge in [-0.25, -0.2) is 0 Å². The zero-order chi connectivity index (χ0) is 25.5. The summed E-state index contributed by atoms with van der Waals surface area (Å²) in [6.07, 6.45) is 0. The Hall–Kier alpha value is -4.40. The van der Waals surface area contributed by atoms with Crippen LogP contribution in [0.2, 0.25) is 0 Å². The molecule has 180 valence electrons. The largest absolute Gasteiger partial charge is 0.308 e. The van der Waals surface area contributed by atoms with Crippen LogP contribution < -0.4 is 0 Å². The van der Waals surface area contributed by atoms with E-state index in [0.29, 0.717) is 0 Å². The van der Waals surface area contributed by atoms with Gasteiger partial charge in [0.1, 0.15) is 0 Å². The Bertz CT molecular complexity index is 1810. The molecule has 0 radical (unpaired) electrons. The molecule has 0 fully saturated rings. The lowest BCUT2D eigenvalue weighted by Gasteiger charge is -2.13. The monoisotopic (exact) mass is 549 g/mol. The quantitative estimate of drug-likeness (QED) is 0.205. The maximum atomic E-state index is 3.88. The van der Waals surface area contributed by atoms with Crippen LogP contribution in [0.5, 0.6) is 0 Å². The van der Waals surface area contributed by atoms with Crippen LogP contribution in [0.25, 0.3) is 60.9 Å². The second-order valence-electron chi connectivity index (χ2n) is 9.56. The van der Waals surface area contributed by atoms with Crippen molar-refractivity contribution in [2.24, 2.45) is 0 Å². The molecule has 2 heteroatoms. The van der Waals surface area contributed by atoms with Crippen molar-refractivity contribution in [3.8, 4) is 39.1 Å². The van der Waals surface area contributed by atoms with Crippen LogP contribution in [-0.4, -0.2) is 4.57 Å². The highest BCUT2D eigenvalue weighted by Crippen LogP contribution is 2.39. The van der Waals surface area contributed by atoms with Gasteiger partial charge in [-0.05, 0) is 85.7 Å². The van der Waals surface area contributed by atoms with Crippen LogP contribution >= 0.6 is 15.9 Å². The first-order chi connectivity index (χ1) is 18.8. The topological polar surface area (TPSA) is 4.93 Å². The molecule has 0 aliphatic rings. The predicted molar refractivity (Wildman–Crippen MR) is 165 cm³/mol. The summed E-state index contributed by atoms with van der Waals surface area (Å²) in [5.41, 5.74) is 10.8. The van der Waals surface area contributed by atoms with Gasteiger partial charge in [-0.1, -0.05) is 109 Å². The molecule has 6 aromatic carbocycles. The number of hydrogen-bond donors (Lipinski definition) is 0. The van der Waals surface area contributed by atoms with Gasteiger partial charge >= 0.3 is 0 Å². The Kier molecular flexibility index (Phi) is 5.68. The molecular formula is C36H24BrN. The zero-order valence-electron chi connectivity index (χ0n) is 20.7. The van der Waals surface area contributed by atoms with Crippen LogP contribution in [0.1, 0.15) is 0 Å². The van der Waals surface area contributed by atoms with Crippen molar-refractivity contribution in [2.45, 2.75) is 0 Å². The molecule has 0 atom stereocenters. The summed E-state index contributed by atoms with van der Waals surface area (Å²) in [6, 6.07) is 52.1. The molecule has 0 amide bonds. The summed E-state index contributed by atoms with van der Waals surface area (Å²) in [4.78, 5) is 0. The number of nitrogens with zero attached hydrogens (tertiary/aromatic N) is 1. The normalized spacial score (nSPS) is 11.3. The van der Waals surface area contributed by atoms with Gasteiger partial charge in [0.15, 0.2) is 0 Å². The third-order valence-electron chi connectivity index (χ3n) is 7.27. The van der Waals surface area contributed by atoms with Gasteiger partial charge in [-0.2, -0.15) is 0 Å². The van der Waals surface area contributed by atoms with E-state index in [1.165, 1.54) is 55.2 Å². The van der Waals surface area contributed by atoms with Crippen LogP contribution in [-0.2, 0) is 0 Å². The molecule has 1 aromatic heterocycles. The third-order valence-corrected chi connectivity index (χ3v) is 7.94. The van der Waals surface area contributed by atoms with Crippen LogP contribution in [0, 0.1) is 0 Å². The van der Waals surface area contributed by atoms with Gasteiger partial charge < -0.3 is 4.57 Å². The first-order valence-corrected chi connectivity index (χ1v) is 13.6. The summed E-state index contributed by atoms with van der Waals surface area (Å²) in [5, 5.41) is 2.49. The maximum Gasteiger partial charge on any atom is 0.0610 e. The molecule has 1 nitrogen and oxygen atoms in total. The second-order valence-corrected chi connectivity index (χ2v) is 10.4. The van der Waals surface area contributed by atoms with E-state index in [1.54, 1.807) is 0 Å². The molecule has 1 heterocycles. The van der Waals surface area contributed by atoms with Gasteiger partial charge in [0.25, 0.3) is 0 Å². The summed E-state index contributed by atoms with van der Waals surface area (Å²) in [5.74, 6) is 0. The molecular weight excluding hydrogens is 526 g/mol. The number of hydrogen-bond acceptors (Lipinski definition) is 0. The molecule has 0 saturated carbocycles. The lowest BCUT2D eigenvalue weighted by molar-refractivity contribution is 1.17. The lowest BCUT2D eigenvalue weighted by Crippen LogP contribution is -1.96. The fraction of sp³-hybridized carbons (Fsp3) is 0. The number of aromatic nitrogens is 1. The second kappa shape index (κ2) is 9.48. The summed E-state index contributed by atoms with van der Waals surface area (Å²) in [7, 11) is 0. The standard InChI is InChI=1S/C36H24BrN/c37-33-19-16-30(27-14-8-3-9-15-27)24-36(33)38-34-20-17-28(25-10-4-1-5-11-25)22-31(34)32-23-29(18-21-35(32)38)26-12-6-2-7-13-26/h1-24H. The van der Waals surface area contributed by atoms with E-state index in [9.17, 15) is 0 Å². The predicted octanol–water partition coefficient (Wildman–Crippen LogP) is 10.5. The van der Waals surface area contributed by atoms with Crippen molar-refractivity contribution >= 4 is 37.7 Å². The molecule has 0 unspecified atom stereocenters. The average Bonchev–Trinajstić information content (AvgIpc) is 3.31. The van der Waals surface area contributed by atoms with Crippen LogP contribution in [0.15, 0.2) is 150 Å². The average molecular weight is 550 g/mol. The molecule has 0 saturated heterocycles. The summed E-state index contributed by atoms with van der Waals surface area (Å²) in [6.45, 7) is 0. The van der Waals surface area contributed by atoms with Crippen molar-refractivity contribution in [1.82, 2.24) is 4.57 Å². The van der Waals surface area contributed by atoms with E-state index in [1.807, 2.05) is 0 Å². The van der Waals surface area contributed by atoms with Crippen molar-refractivity contribution in [3.63, 3.8) is 0 Å². The van der Waals surface area contributed by atoms with Crippen molar-refractivity contribution in [2.75, 3.05) is 0 Å². The van der Waals surface area contributed by atoms with Crippen molar-refractivity contribution < 1.29 is 0 Å². The Morgan fingerprint density at radius 3 is 1.21 bits per heavy atom. The Morgan fingerprint density at radius 1 is 0.368 bits per heavy atom. The van der Waals surface area contributed by atoms with Gasteiger partial charge in [0, 0.05) is 15.2 Å². The Balaban J connectivity index is 1.52. The Labute approximate surface area is 230 Å². The first-order valence-electron chi connectivity index (χ1n) is 12.8. The number of fused-ring (bicyclic) bond motifs is 3. The van der Waals surface area contributed by atoms with Gasteiger partial charge in [-0.3, -0.25) is 0 Å². The molecule has 0 N–H and O–H groups in total. The minimum absolute atomic E-state index is 1.07. The minimum atomic E-state index is 1.07. The van der Waals surface area contributed by atoms with E-state index in [-0.39, 0.29) is 0 Å². The lowest BCUT2D eigenvalue weighted by atomic mass is 10.0. The summed E-state index contributed by atoms with van der Waals surface area (Å²) < 4.78 is 3.46. The molecule has 0 aliphatic heterocycles. The van der Waals surface area contributed by atoms with Crippen molar-refractivity contribution in [3.05, 3.63) is 150 Å². The molecule has 0 bridgehead atoms. The van der Waals surface area contributed by atoms with Crippen LogP contribution in [0.3, 0.4) is 0 Å². The third kappa shape index (κ3) is 3.95. The van der Waals surface area contributed by atoms with Gasteiger partial charge in [0.05, 0.1) is 16.7 Å². The smallest absolute Gasteiger partial charge is 0.0610 e. The van der Waals surface area contributed by atoms with E-state index in [2.05, 4.69) is 166 Å². The molecule has 0 spiro atoms.